The van der Waals surface area contributed by atoms with Gasteiger partial charge in [-0.2, -0.15) is 0 Å². The van der Waals surface area contributed by atoms with Crippen LogP contribution in [0.15, 0.2) is 0 Å². The first-order chi connectivity index (χ1) is 7.30. The van der Waals surface area contributed by atoms with Crippen molar-refractivity contribution in [3.63, 3.8) is 0 Å². The number of nitrogens with zero attached hydrogens (tertiary/aromatic N) is 1. The molecule has 2 N–H and O–H groups in total. The summed E-state index contributed by atoms with van der Waals surface area (Å²) in [5.41, 5.74) is 5.42. The SMILES string of the molecule is CC(N)CCC(=O)N1CC(C)OC(C)(C)C1. The Morgan fingerprint density at radius 2 is 2.25 bits per heavy atom. The lowest BCUT2D eigenvalue weighted by Crippen LogP contribution is -2.53. The predicted molar refractivity (Wildman–Crippen MR) is 64.1 cm³/mol. The van der Waals surface area contributed by atoms with Crippen molar-refractivity contribution in [3.8, 4) is 0 Å². The number of rotatable bonds is 3. The molecule has 0 aliphatic carbocycles. The molecule has 4 nitrogen and oxygen atoms in total. The zero-order valence-electron chi connectivity index (χ0n) is 10.8. The Morgan fingerprint density at radius 1 is 1.62 bits per heavy atom. The molecule has 4 heteroatoms. The minimum atomic E-state index is -0.234. The van der Waals surface area contributed by atoms with E-state index < -0.39 is 0 Å². The van der Waals surface area contributed by atoms with Gasteiger partial charge in [-0.05, 0) is 34.1 Å². The summed E-state index contributed by atoms with van der Waals surface area (Å²) < 4.78 is 5.76. The van der Waals surface area contributed by atoms with Crippen LogP contribution in [0.1, 0.15) is 40.5 Å². The van der Waals surface area contributed by atoms with Gasteiger partial charge >= 0.3 is 0 Å². The van der Waals surface area contributed by atoms with E-state index in [9.17, 15) is 4.79 Å². The van der Waals surface area contributed by atoms with Gasteiger partial charge in [-0.3, -0.25) is 4.79 Å². The van der Waals surface area contributed by atoms with Gasteiger partial charge in [0.25, 0.3) is 0 Å². The number of morpholine rings is 1. The van der Waals surface area contributed by atoms with Crippen LogP contribution in [-0.2, 0) is 9.53 Å². The number of ether oxygens (including phenoxy) is 1. The number of hydrogen-bond acceptors (Lipinski definition) is 3. The first-order valence-electron chi connectivity index (χ1n) is 6.01. The van der Waals surface area contributed by atoms with Gasteiger partial charge in [-0.1, -0.05) is 0 Å². The predicted octanol–water partition coefficient (Wildman–Crippen LogP) is 1.14. The van der Waals surface area contributed by atoms with Crippen molar-refractivity contribution >= 4 is 5.91 Å². The maximum absolute atomic E-state index is 12.0. The van der Waals surface area contributed by atoms with Gasteiger partial charge in [0.2, 0.25) is 5.91 Å². The maximum atomic E-state index is 12.0. The minimum Gasteiger partial charge on any atom is -0.369 e. The van der Waals surface area contributed by atoms with E-state index in [-0.39, 0.29) is 23.7 Å². The summed E-state index contributed by atoms with van der Waals surface area (Å²) in [4.78, 5) is 13.9. The smallest absolute Gasteiger partial charge is 0.222 e. The Balaban J connectivity index is 2.49. The highest BCUT2D eigenvalue weighted by Crippen LogP contribution is 2.21. The van der Waals surface area contributed by atoms with E-state index in [4.69, 9.17) is 10.5 Å². The molecule has 1 saturated heterocycles. The zero-order chi connectivity index (χ0) is 12.3. The summed E-state index contributed by atoms with van der Waals surface area (Å²) in [7, 11) is 0. The second kappa shape index (κ2) is 5.15. The van der Waals surface area contributed by atoms with Crippen LogP contribution in [0.5, 0.6) is 0 Å². The normalized spacial score (nSPS) is 26.6. The van der Waals surface area contributed by atoms with E-state index in [1.165, 1.54) is 0 Å². The molecule has 2 atom stereocenters. The third-order valence-corrected chi connectivity index (χ3v) is 2.74. The molecule has 1 fully saturated rings. The van der Waals surface area contributed by atoms with E-state index in [2.05, 4.69) is 0 Å². The Kier molecular flexibility index (Phi) is 4.33. The van der Waals surface area contributed by atoms with Gasteiger partial charge in [0, 0.05) is 25.6 Å². The highest BCUT2D eigenvalue weighted by molar-refractivity contribution is 5.76. The van der Waals surface area contributed by atoms with E-state index in [0.717, 1.165) is 6.42 Å². The van der Waals surface area contributed by atoms with Crippen LogP contribution < -0.4 is 5.73 Å². The van der Waals surface area contributed by atoms with Crippen molar-refractivity contribution in [2.75, 3.05) is 13.1 Å². The van der Waals surface area contributed by atoms with Gasteiger partial charge in [0.15, 0.2) is 0 Å². The van der Waals surface area contributed by atoms with Crippen LogP contribution >= 0.6 is 0 Å². The molecular weight excluding hydrogens is 204 g/mol. The molecule has 0 saturated carbocycles. The molecule has 1 rings (SSSR count). The monoisotopic (exact) mass is 228 g/mol. The summed E-state index contributed by atoms with van der Waals surface area (Å²) in [6.45, 7) is 9.35. The first kappa shape index (κ1) is 13.5. The van der Waals surface area contributed by atoms with Crippen LogP contribution in [0, 0.1) is 0 Å². The number of carbonyl (C=O) groups is 1. The van der Waals surface area contributed by atoms with Crippen LogP contribution in [-0.4, -0.2) is 41.6 Å². The van der Waals surface area contributed by atoms with Gasteiger partial charge in [0.05, 0.1) is 11.7 Å². The zero-order valence-corrected chi connectivity index (χ0v) is 10.8. The van der Waals surface area contributed by atoms with Crippen molar-refractivity contribution in [2.24, 2.45) is 5.73 Å². The van der Waals surface area contributed by atoms with Crippen LogP contribution in [0.25, 0.3) is 0 Å². The van der Waals surface area contributed by atoms with Gasteiger partial charge < -0.3 is 15.4 Å². The third-order valence-electron chi connectivity index (χ3n) is 2.74. The van der Waals surface area contributed by atoms with E-state index >= 15 is 0 Å². The summed E-state index contributed by atoms with van der Waals surface area (Å²) in [6.07, 6.45) is 1.41. The average Bonchev–Trinajstić information content (AvgIpc) is 2.10. The summed E-state index contributed by atoms with van der Waals surface area (Å²) in [6, 6.07) is 0.0930. The standard InChI is InChI=1S/C12H24N2O2/c1-9(13)5-6-11(15)14-7-10(2)16-12(3,4)8-14/h9-10H,5-8,13H2,1-4H3. The molecule has 0 radical (unpaired) electrons. The fraction of sp³-hybridized carbons (Fsp3) is 0.917. The molecule has 2 unspecified atom stereocenters. The average molecular weight is 228 g/mol. The molecule has 1 aliphatic rings. The molecule has 0 aromatic carbocycles. The van der Waals surface area contributed by atoms with E-state index in [1.807, 2.05) is 32.6 Å². The highest BCUT2D eigenvalue weighted by atomic mass is 16.5. The fourth-order valence-electron chi connectivity index (χ4n) is 2.15. The van der Waals surface area contributed by atoms with E-state index in [0.29, 0.717) is 19.5 Å². The van der Waals surface area contributed by atoms with Crippen molar-refractivity contribution in [1.29, 1.82) is 0 Å². The van der Waals surface area contributed by atoms with Crippen molar-refractivity contribution in [2.45, 2.75) is 58.3 Å². The first-order valence-corrected chi connectivity index (χ1v) is 6.01. The molecule has 0 aromatic heterocycles. The minimum absolute atomic E-state index is 0.0930. The quantitative estimate of drug-likeness (QED) is 0.788. The Labute approximate surface area is 98.1 Å². The molecular formula is C12H24N2O2. The second-order valence-electron chi connectivity index (χ2n) is 5.48. The van der Waals surface area contributed by atoms with Crippen molar-refractivity contribution in [3.05, 3.63) is 0 Å². The largest absolute Gasteiger partial charge is 0.369 e. The van der Waals surface area contributed by atoms with Crippen LogP contribution in [0.4, 0.5) is 0 Å². The van der Waals surface area contributed by atoms with Crippen molar-refractivity contribution < 1.29 is 9.53 Å². The van der Waals surface area contributed by atoms with Crippen molar-refractivity contribution in [1.82, 2.24) is 4.90 Å². The van der Waals surface area contributed by atoms with E-state index in [1.54, 1.807) is 0 Å². The molecule has 0 aromatic rings. The summed E-state index contributed by atoms with van der Waals surface area (Å²) in [5, 5.41) is 0. The lowest BCUT2D eigenvalue weighted by atomic mass is 10.0. The number of carbonyl (C=O) groups excluding carboxylic acids is 1. The molecule has 1 amide bonds. The summed E-state index contributed by atoms with van der Waals surface area (Å²) in [5.74, 6) is 0.195. The molecule has 16 heavy (non-hydrogen) atoms. The van der Waals surface area contributed by atoms with Gasteiger partial charge in [-0.25, -0.2) is 0 Å². The van der Waals surface area contributed by atoms with Crippen LogP contribution in [0.2, 0.25) is 0 Å². The van der Waals surface area contributed by atoms with Crippen LogP contribution in [0.3, 0.4) is 0 Å². The molecule has 1 aliphatic heterocycles. The lowest BCUT2D eigenvalue weighted by molar-refractivity contribution is -0.158. The number of amides is 1. The molecule has 0 bridgehead atoms. The molecule has 94 valence electrons. The fourth-order valence-corrected chi connectivity index (χ4v) is 2.15. The van der Waals surface area contributed by atoms with Gasteiger partial charge in [0.1, 0.15) is 0 Å². The highest BCUT2D eigenvalue weighted by Gasteiger charge is 2.33. The lowest BCUT2D eigenvalue weighted by Gasteiger charge is -2.41. The Morgan fingerprint density at radius 3 is 2.75 bits per heavy atom. The Bertz CT molecular complexity index is 251. The topological polar surface area (TPSA) is 55.6 Å². The second-order valence-corrected chi connectivity index (χ2v) is 5.48. The maximum Gasteiger partial charge on any atom is 0.222 e. The number of hydrogen-bond donors (Lipinski definition) is 1. The molecule has 0 spiro atoms. The molecule has 1 heterocycles. The summed E-state index contributed by atoms with van der Waals surface area (Å²) >= 11 is 0. The number of nitrogens with two attached hydrogens (primary N) is 1. The van der Waals surface area contributed by atoms with Gasteiger partial charge in [-0.15, -0.1) is 0 Å². The Hall–Kier alpha value is -0.610. The third kappa shape index (κ3) is 4.10.